The second kappa shape index (κ2) is 9.74. The lowest BCUT2D eigenvalue weighted by Gasteiger charge is -2.16. The number of hydrogen-bond donors (Lipinski definition) is 2. The zero-order valence-electron chi connectivity index (χ0n) is 18.5. The molecule has 32 heavy (non-hydrogen) atoms. The van der Waals surface area contributed by atoms with Gasteiger partial charge in [-0.1, -0.05) is 17.7 Å². The molecule has 2 amide bonds. The van der Waals surface area contributed by atoms with Gasteiger partial charge in [0.05, 0.1) is 36.2 Å². The normalized spacial score (nSPS) is 11.6. The first-order valence-electron chi connectivity index (χ1n) is 9.90. The average Bonchev–Trinajstić information content (AvgIpc) is 3.11. The smallest absolute Gasteiger partial charge is 0.259 e. The van der Waals surface area contributed by atoms with Gasteiger partial charge in [0.1, 0.15) is 6.04 Å². The number of anilines is 2. The molecular weight excluding hydrogens is 432 g/mol. The van der Waals surface area contributed by atoms with Gasteiger partial charge in [0.2, 0.25) is 5.91 Å². The molecule has 2 N–H and O–H groups in total. The Labute approximate surface area is 191 Å². The number of benzene rings is 2. The number of carbonyl (C=O) groups excluding carboxylic acids is 2. The summed E-state index contributed by atoms with van der Waals surface area (Å²) in [5, 5.41) is 10.2. The average molecular weight is 457 g/mol. The molecule has 2 aromatic carbocycles. The predicted octanol–water partition coefficient (Wildman–Crippen LogP) is 4.62. The van der Waals surface area contributed by atoms with Crippen LogP contribution in [0, 0.1) is 13.8 Å². The molecule has 3 rings (SSSR count). The van der Waals surface area contributed by atoms with Crippen molar-refractivity contribution in [3.8, 4) is 11.5 Å². The summed E-state index contributed by atoms with van der Waals surface area (Å²) in [4.78, 5) is 25.4. The zero-order chi connectivity index (χ0) is 23.4. The molecule has 8 nitrogen and oxygen atoms in total. The number of hydrogen-bond acceptors (Lipinski definition) is 5. The Bertz CT molecular complexity index is 1160. The molecule has 1 heterocycles. The van der Waals surface area contributed by atoms with Crippen LogP contribution in [0.1, 0.15) is 34.7 Å². The summed E-state index contributed by atoms with van der Waals surface area (Å²) in [6.07, 6.45) is 0. The van der Waals surface area contributed by atoms with Crippen molar-refractivity contribution in [3.05, 3.63) is 64.4 Å². The van der Waals surface area contributed by atoms with E-state index in [0.717, 1.165) is 11.4 Å². The highest BCUT2D eigenvalue weighted by Gasteiger charge is 2.20. The van der Waals surface area contributed by atoms with Crippen molar-refractivity contribution < 1.29 is 19.1 Å². The largest absolute Gasteiger partial charge is 0.493 e. The standard InChI is InChI=1S/C23H25ClN4O4/c1-13-11-14(2)28(27-13)15(3)22(29)26-19-10-9-16(12-18(19)24)25-23(30)17-7-6-8-20(31-4)21(17)32-5/h6-12,15H,1-5H3,(H,25,30)(H,26,29). The van der Waals surface area contributed by atoms with Crippen LogP contribution in [0.5, 0.6) is 11.5 Å². The van der Waals surface area contributed by atoms with Crippen LogP contribution < -0.4 is 20.1 Å². The number of para-hydroxylation sites is 1. The molecule has 1 unspecified atom stereocenters. The van der Waals surface area contributed by atoms with Crippen LogP contribution in [0.15, 0.2) is 42.5 Å². The maximum atomic E-state index is 12.7. The highest BCUT2D eigenvalue weighted by atomic mass is 35.5. The summed E-state index contributed by atoms with van der Waals surface area (Å²) in [5.74, 6) is 0.149. The van der Waals surface area contributed by atoms with Gasteiger partial charge in [0, 0.05) is 11.4 Å². The van der Waals surface area contributed by atoms with Crippen molar-refractivity contribution in [2.45, 2.75) is 26.8 Å². The lowest BCUT2D eigenvalue weighted by Crippen LogP contribution is -2.25. The van der Waals surface area contributed by atoms with Crippen LogP contribution in [0.3, 0.4) is 0 Å². The summed E-state index contributed by atoms with van der Waals surface area (Å²) in [6.45, 7) is 5.53. The quantitative estimate of drug-likeness (QED) is 0.540. The fourth-order valence-electron chi connectivity index (χ4n) is 3.34. The molecule has 0 saturated heterocycles. The minimum atomic E-state index is -0.514. The Morgan fingerprint density at radius 1 is 1.06 bits per heavy atom. The van der Waals surface area contributed by atoms with Crippen LogP contribution in [0.2, 0.25) is 5.02 Å². The molecular formula is C23H25ClN4O4. The van der Waals surface area contributed by atoms with Crippen molar-refractivity contribution in [1.29, 1.82) is 0 Å². The third-order valence-corrected chi connectivity index (χ3v) is 5.24. The molecule has 0 saturated carbocycles. The minimum Gasteiger partial charge on any atom is -0.493 e. The number of amides is 2. The number of nitrogens with one attached hydrogen (secondary N) is 2. The molecule has 9 heteroatoms. The van der Waals surface area contributed by atoms with Gasteiger partial charge in [-0.2, -0.15) is 5.10 Å². The Kier molecular flexibility index (Phi) is 7.05. The molecule has 0 spiro atoms. The summed E-state index contributed by atoms with van der Waals surface area (Å²) in [5.41, 5.74) is 2.95. The third-order valence-electron chi connectivity index (χ3n) is 4.92. The maximum absolute atomic E-state index is 12.7. The number of aromatic nitrogens is 2. The van der Waals surface area contributed by atoms with E-state index in [2.05, 4.69) is 15.7 Å². The molecule has 1 atom stereocenters. The van der Waals surface area contributed by atoms with Crippen LogP contribution in [0.25, 0.3) is 0 Å². The molecule has 0 aliphatic rings. The molecule has 1 aromatic heterocycles. The number of halogens is 1. The number of nitrogens with zero attached hydrogens (tertiary/aromatic N) is 2. The molecule has 0 aliphatic heterocycles. The number of aryl methyl sites for hydroxylation is 2. The first-order valence-corrected chi connectivity index (χ1v) is 10.3. The monoisotopic (exact) mass is 456 g/mol. The Hall–Kier alpha value is -3.52. The topological polar surface area (TPSA) is 94.5 Å². The third kappa shape index (κ3) is 4.86. The first-order chi connectivity index (χ1) is 15.2. The summed E-state index contributed by atoms with van der Waals surface area (Å²) in [7, 11) is 2.97. The van der Waals surface area contributed by atoms with Gasteiger partial charge < -0.3 is 20.1 Å². The van der Waals surface area contributed by atoms with Crippen molar-refractivity contribution in [2.24, 2.45) is 0 Å². The maximum Gasteiger partial charge on any atom is 0.259 e. The molecule has 0 radical (unpaired) electrons. The van der Waals surface area contributed by atoms with Gasteiger partial charge in [-0.3, -0.25) is 14.3 Å². The molecule has 168 valence electrons. The van der Waals surface area contributed by atoms with E-state index in [9.17, 15) is 9.59 Å². The Morgan fingerprint density at radius 2 is 1.81 bits per heavy atom. The van der Waals surface area contributed by atoms with Crippen LogP contribution in [0.4, 0.5) is 11.4 Å². The molecule has 0 bridgehead atoms. The number of methoxy groups -OCH3 is 2. The van der Waals surface area contributed by atoms with Gasteiger partial charge >= 0.3 is 0 Å². The van der Waals surface area contributed by atoms with E-state index in [1.165, 1.54) is 14.2 Å². The van der Waals surface area contributed by atoms with Crippen LogP contribution >= 0.6 is 11.6 Å². The second-order valence-corrected chi connectivity index (χ2v) is 7.63. The van der Waals surface area contributed by atoms with E-state index >= 15 is 0 Å². The van der Waals surface area contributed by atoms with Crippen LogP contribution in [-0.4, -0.2) is 35.8 Å². The zero-order valence-corrected chi connectivity index (χ0v) is 19.3. The summed E-state index contributed by atoms with van der Waals surface area (Å²) in [6, 6.07) is 11.3. The lowest BCUT2D eigenvalue weighted by molar-refractivity contribution is -0.119. The number of rotatable bonds is 7. The minimum absolute atomic E-state index is 0.254. The van der Waals surface area contributed by atoms with Gasteiger partial charge in [-0.05, 0) is 57.2 Å². The SMILES string of the molecule is COc1cccc(C(=O)Nc2ccc(NC(=O)C(C)n3nc(C)cc3C)c(Cl)c2)c1OC. The van der Waals surface area contributed by atoms with E-state index in [4.69, 9.17) is 21.1 Å². The summed E-state index contributed by atoms with van der Waals surface area (Å²) >= 11 is 6.36. The van der Waals surface area contributed by atoms with E-state index in [1.54, 1.807) is 48.0 Å². The van der Waals surface area contributed by atoms with E-state index < -0.39 is 6.04 Å². The highest BCUT2D eigenvalue weighted by molar-refractivity contribution is 6.34. The highest BCUT2D eigenvalue weighted by Crippen LogP contribution is 2.32. The van der Waals surface area contributed by atoms with Crippen molar-refractivity contribution in [1.82, 2.24) is 9.78 Å². The van der Waals surface area contributed by atoms with Crippen molar-refractivity contribution >= 4 is 34.8 Å². The van der Waals surface area contributed by atoms with E-state index in [1.807, 2.05) is 19.9 Å². The molecule has 0 aliphatic carbocycles. The predicted molar refractivity (Wildman–Crippen MR) is 124 cm³/mol. The summed E-state index contributed by atoms with van der Waals surface area (Å²) < 4.78 is 12.2. The fraction of sp³-hybridized carbons (Fsp3) is 0.261. The Balaban J connectivity index is 1.73. The second-order valence-electron chi connectivity index (χ2n) is 7.23. The Morgan fingerprint density at radius 3 is 2.41 bits per heavy atom. The van der Waals surface area contributed by atoms with Gasteiger partial charge in [-0.25, -0.2) is 0 Å². The van der Waals surface area contributed by atoms with Crippen molar-refractivity contribution in [2.75, 3.05) is 24.9 Å². The van der Waals surface area contributed by atoms with Crippen molar-refractivity contribution in [3.63, 3.8) is 0 Å². The van der Waals surface area contributed by atoms with Crippen LogP contribution in [-0.2, 0) is 4.79 Å². The molecule has 3 aromatic rings. The first kappa shape index (κ1) is 23.1. The number of ether oxygens (including phenoxy) is 2. The fourth-order valence-corrected chi connectivity index (χ4v) is 3.57. The van der Waals surface area contributed by atoms with Gasteiger partial charge in [0.15, 0.2) is 11.5 Å². The molecule has 0 fully saturated rings. The van der Waals surface area contributed by atoms with Gasteiger partial charge in [0.25, 0.3) is 5.91 Å². The van der Waals surface area contributed by atoms with E-state index in [0.29, 0.717) is 28.4 Å². The van der Waals surface area contributed by atoms with Gasteiger partial charge in [-0.15, -0.1) is 0 Å². The number of carbonyl (C=O) groups is 2. The lowest BCUT2D eigenvalue weighted by atomic mass is 10.1. The van der Waals surface area contributed by atoms with E-state index in [-0.39, 0.29) is 16.8 Å².